The van der Waals surface area contributed by atoms with Gasteiger partial charge in [-0.15, -0.1) is 21.5 Å². The van der Waals surface area contributed by atoms with E-state index in [-0.39, 0.29) is 29.1 Å². The third kappa shape index (κ3) is 5.31. The summed E-state index contributed by atoms with van der Waals surface area (Å²) >= 11 is 1.20. The summed E-state index contributed by atoms with van der Waals surface area (Å²) in [5, 5.41) is 6.68. The van der Waals surface area contributed by atoms with Crippen LogP contribution in [0.25, 0.3) is 21.3 Å². The molecule has 0 saturated heterocycles. The molecule has 0 aliphatic heterocycles. The first-order valence-corrected chi connectivity index (χ1v) is 14.2. The van der Waals surface area contributed by atoms with E-state index in [0.717, 1.165) is 15.8 Å². The number of nitrogens with zero attached hydrogens (tertiary/aromatic N) is 5. The molecule has 36 heavy (non-hydrogen) atoms. The van der Waals surface area contributed by atoms with Crippen molar-refractivity contribution in [2.24, 2.45) is 0 Å². The lowest BCUT2D eigenvalue weighted by molar-refractivity contribution is 0.444. The molecule has 0 bridgehead atoms. The SMILES string of the molecule is O=[SH](=O)NCc1nnc(C(c2nc3ccc(-c4cncnc4)cc3s2)S(=O)(=O)Cc2ccccc2)o1. The zero-order valence-corrected chi connectivity index (χ0v) is 20.9. The van der Waals surface area contributed by atoms with Crippen molar-refractivity contribution < 1.29 is 21.3 Å². The smallest absolute Gasteiger partial charge is 0.241 e. The first kappa shape index (κ1) is 24.1. The third-order valence-corrected chi connectivity index (χ3v) is 8.69. The van der Waals surface area contributed by atoms with E-state index in [4.69, 9.17) is 4.42 Å². The van der Waals surface area contributed by atoms with E-state index in [2.05, 4.69) is 29.9 Å². The Labute approximate surface area is 211 Å². The third-order valence-electron chi connectivity index (χ3n) is 5.16. The highest BCUT2D eigenvalue weighted by molar-refractivity contribution is 7.91. The number of sulfone groups is 1. The fraction of sp³-hybridized carbons (Fsp3) is 0.136. The van der Waals surface area contributed by atoms with Gasteiger partial charge in [-0.05, 0) is 23.3 Å². The Bertz CT molecular complexity index is 1680. The van der Waals surface area contributed by atoms with Crippen molar-refractivity contribution in [2.45, 2.75) is 17.5 Å². The molecule has 1 unspecified atom stereocenters. The number of nitrogens with one attached hydrogen (secondary N) is 1. The van der Waals surface area contributed by atoms with Crippen LogP contribution in [0.2, 0.25) is 0 Å². The van der Waals surface area contributed by atoms with Crippen LogP contribution >= 0.6 is 11.3 Å². The number of thiol groups is 1. The molecule has 5 rings (SSSR count). The fourth-order valence-electron chi connectivity index (χ4n) is 3.56. The van der Waals surface area contributed by atoms with Gasteiger partial charge in [-0.25, -0.2) is 36.5 Å². The normalized spacial score (nSPS) is 12.8. The number of benzene rings is 2. The van der Waals surface area contributed by atoms with Gasteiger partial charge in [-0.1, -0.05) is 36.4 Å². The Morgan fingerprint density at radius 1 is 1.00 bits per heavy atom. The summed E-state index contributed by atoms with van der Waals surface area (Å²) in [6, 6.07) is 14.3. The minimum atomic E-state index is -3.92. The van der Waals surface area contributed by atoms with E-state index in [0.29, 0.717) is 11.1 Å². The molecular weight excluding hydrogens is 524 g/mol. The molecule has 184 valence electrons. The molecule has 0 aliphatic carbocycles. The summed E-state index contributed by atoms with van der Waals surface area (Å²) in [6.45, 7) is -0.250. The Hall–Kier alpha value is -3.59. The molecule has 11 nitrogen and oxygen atoms in total. The van der Waals surface area contributed by atoms with Gasteiger partial charge in [0, 0.05) is 18.0 Å². The highest BCUT2D eigenvalue weighted by atomic mass is 32.2. The second kappa shape index (κ2) is 10.2. The first-order valence-electron chi connectivity index (χ1n) is 10.5. The number of hydrogen-bond donors (Lipinski definition) is 2. The molecule has 1 N–H and O–H groups in total. The van der Waals surface area contributed by atoms with E-state index < -0.39 is 26.0 Å². The van der Waals surface area contributed by atoms with Crippen molar-refractivity contribution in [3.8, 4) is 11.1 Å². The molecule has 0 aliphatic rings. The van der Waals surface area contributed by atoms with E-state index >= 15 is 0 Å². The first-order chi connectivity index (χ1) is 17.4. The number of rotatable bonds is 9. The molecule has 2 aromatic carbocycles. The van der Waals surface area contributed by atoms with Crippen molar-refractivity contribution in [3.05, 3.63) is 89.6 Å². The van der Waals surface area contributed by atoms with Crippen LogP contribution in [0.4, 0.5) is 0 Å². The molecular formula is C22H18N6O5S3. The predicted octanol–water partition coefficient (Wildman–Crippen LogP) is 2.46. The predicted molar refractivity (Wildman–Crippen MR) is 133 cm³/mol. The van der Waals surface area contributed by atoms with Crippen LogP contribution in [-0.4, -0.2) is 42.0 Å². The molecule has 0 fully saturated rings. The maximum Gasteiger partial charge on any atom is 0.241 e. The largest absolute Gasteiger partial charge is 0.422 e. The van der Waals surface area contributed by atoms with Crippen molar-refractivity contribution in [1.29, 1.82) is 0 Å². The van der Waals surface area contributed by atoms with Gasteiger partial charge in [0.05, 0.1) is 22.5 Å². The van der Waals surface area contributed by atoms with Crippen LogP contribution in [0.5, 0.6) is 0 Å². The van der Waals surface area contributed by atoms with Gasteiger partial charge in [0.15, 0.2) is 15.1 Å². The van der Waals surface area contributed by atoms with Gasteiger partial charge in [-0.3, -0.25) is 0 Å². The zero-order valence-electron chi connectivity index (χ0n) is 18.4. The zero-order chi connectivity index (χ0) is 25.1. The summed E-state index contributed by atoms with van der Waals surface area (Å²) in [6.07, 6.45) is 4.82. The molecule has 0 spiro atoms. The summed E-state index contributed by atoms with van der Waals surface area (Å²) in [5.41, 5.74) is 2.88. The Morgan fingerprint density at radius 2 is 1.78 bits per heavy atom. The number of thiazole rings is 1. The number of hydrogen-bond acceptors (Lipinski definition) is 11. The lowest BCUT2D eigenvalue weighted by Gasteiger charge is -2.12. The van der Waals surface area contributed by atoms with Crippen LogP contribution in [0.15, 0.2) is 71.7 Å². The van der Waals surface area contributed by atoms with Gasteiger partial charge < -0.3 is 4.42 Å². The van der Waals surface area contributed by atoms with Crippen molar-refractivity contribution in [1.82, 2.24) is 29.9 Å². The maximum atomic E-state index is 13.7. The van der Waals surface area contributed by atoms with E-state index in [1.807, 2.05) is 12.1 Å². The highest BCUT2D eigenvalue weighted by Crippen LogP contribution is 2.37. The lowest BCUT2D eigenvalue weighted by Crippen LogP contribution is -2.17. The molecule has 0 radical (unpaired) electrons. The van der Waals surface area contributed by atoms with Gasteiger partial charge in [-0.2, -0.15) is 0 Å². The van der Waals surface area contributed by atoms with Gasteiger partial charge in [0.25, 0.3) is 0 Å². The van der Waals surface area contributed by atoms with E-state index in [1.165, 1.54) is 17.7 Å². The Balaban J connectivity index is 1.57. The Kier molecular flexibility index (Phi) is 6.82. The van der Waals surface area contributed by atoms with Crippen LogP contribution in [0.3, 0.4) is 0 Å². The van der Waals surface area contributed by atoms with E-state index in [1.54, 1.807) is 48.8 Å². The minimum Gasteiger partial charge on any atom is -0.422 e. The summed E-state index contributed by atoms with van der Waals surface area (Å²) in [4.78, 5) is 12.7. The van der Waals surface area contributed by atoms with Crippen LogP contribution < -0.4 is 4.72 Å². The second-order valence-electron chi connectivity index (χ2n) is 7.66. The molecule has 1 atom stereocenters. The van der Waals surface area contributed by atoms with Gasteiger partial charge in [0.2, 0.25) is 22.7 Å². The molecule has 3 heterocycles. The number of aromatic nitrogens is 5. The van der Waals surface area contributed by atoms with Crippen molar-refractivity contribution >= 4 is 42.3 Å². The number of fused-ring (bicyclic) bond motifs is 1. The molecule has 5 aromatic rings. The topological polar surface area (TPSA) is 158 Å². The molecule has 0 amide bonds. The second-order valence-corrected chi connectivity index (χ2v) is 11.6. The van der Waals surface area contributed by atoms with E-state index in [9.17, 15) is 16.8 Å². The lowest BCUT2D eigenvalue weighted by atomic mass is 10.1. The maximum absolute atomic E-state index is 13.7. The molecule has 3 aromatic heterocycles. The van der Waals surface area contributed by atoms with Crippen molar-refractivity contribution in [2.75, 3.05) is 0 Å². The summed E-state index contributed by atoms with van der Waals surface area (Å²) < 4.78 is 57.5. The fourth-order valence-corrected chi connectivity index (χ4v) is 6.98. The van der Waals surface area contributed by atoms with Crippen LogP contribution in [-0.2, 0) is 33.0 Å². The summed E-state index contributed by atoms with van der Waals surface area (Å²) in [5.74, 6) is -0.514. The summed E-state index contributed by atoms with van der Waals surface area (Å²) in [7, 11) is -6.80. The van der Waals surface area contributed by atoms with Crippen molar-refractivity contribution in [3.63, 3.8) is 0 Å². The minimum absolute atomic E-state index is 0.0587. The molecule has 0 saturated carbocycles. The van der Waals surface area contributed by atoms with Crippen LogP contribution in [0, 0.1) is 0 Å². The average molecular weight is 543 g/mol. The molecule has 14 heteroatoms. The van der Waals surface area contributed by atoms with Gasteiger partial charge in [0.1, 0.15) is 11.3 Å². The van der Waals surface area contributed by atoms with Gasteiger partial charge >= 0.3 is 0 Å². The monoisotopic (exact) mass is 542 g/mol. The highest BCUT2D eigenvalue weighted by Gasteiger charge is 2.37. The van der Waals surface area contributed by atoms with Crippen LogP contribution in [0.1, 0.15) is 27.6 Å². The standard InChI is InChI=1S/C22H18N6O5S3/c29-35(30)25-11-19-27-28-21(33-19)20(36(31,32)12-14-4-2-1-3-5-14)22-26-17-7-6-15(8-18(17)34-22)16-9-23-13-24-10-16/h1-10,13,20,35H,11-12H2,(H,25,29,30). The average Bonchev–Trinajstić information content (AvgIpc) is 3.50. The Morgan fingerprint density at radius 3 is 2.53 bits per heavy atom. The quantitative estimate of drug-likeness (QED) is 0.265.